The van der Waals surface area contributed by atoms with Gasteiger partial charge in [0.25, 0.3) is 0 Å². The number of halogens is 2. The van der Waals surface area contributed by atoms with Crippen molar-refractivity contribution in [2.24, 2.45) is 0 Å². The minimum atomic E-state index is 0. The summed E-state index contributed by atoms with van der Waals surface area (Å²) in [6, 6.07) is 1.97. The van der Waals surface area contributed by atoms with E-state index in [-0.39, 0.29) is 57.5 Å². The third-order valence-electron chi connectivity index (χ3n) is 1.71. The molecule has 1 aromatic heterocycles. The van der Waals surface area contributed by atoms with Crippen molar-refractivity contribution in [3.63, 3.8) is 0 Å². The van der Waals surface area contributed by atoms with Crippen LogP contribution >= 0.6 is 0 Å². The Morgan fingerprint density at radius 2 is 1.60 bits per heavy atom. The maximum absolute atomic E-state index is 4.94. The second-order valence-corrected chi connectivity index (χ2v) is 2.33. The van der Waals surface area contributed by atoms with Crippen LogP contribution in [0.4, 0.5) is 0 Å². The molecule has 15 heavy (non-hydrogen) atoms. The van der Waals surface area contributed by atoms with Crippen molar-refractivity contribution < 1.29 is 61.9 Å². The Kier molecular flexibility index (Phi) is 33.3. The molecule has 0 aliphatic heterocycles. The number of hydrogen-bond acceptors (Lipinski definition) is 1. The van der Waals surface area contributed by atoms with Gasteiger partial charge in [-0.15, -0.1) is 0 Å². The second-order valence-electron chi connectivity index (χ2n) is 2.33. The van der Waals surface area contributed by atoms with Crippen LogP contribution in [-0.2, 0) is 21.7 Å². The SMILES string of the molecule is O.O.[CH2-]CC(C[CH2-])c1ccoc1.[Cl-].[Cl-].[Ti+4]. The molecule has 1 aromatic rings. The smallest absolute Gasteiger partial charge is 1.00 e. The minimum Gasteiger partial charge on any atom is -1.00 e. The summed E-state index contributed by atoms with van der Waals surface area (Å²) in [5.41, 5.74) is 1.21. The van der Waals surface area contributed by atoms with Crippen molar-refractivity contribution in [1.82, 2.24) is 0 Å². The second kappa shape index (κ2) is 16.9. The summed E-state index contributed by atoms with van der Waals surface area (Å²) in [6.07, 6.45) is 5.24. The predicted octanol–water partition coefficient (Wildman–Crippen LogP) is -4.83. The van der Waals surface area contributed by atoms with Crippen molar-refractivity contribution in [1.29, 1.82) is 0 Å². The topological polar surface area (TPSA) is 76.1 Å². The molecule has 0 aliphatic carbocycles. The van der Waals surface area contributed by atoms with Gasteiger partial charge in [-0.1, -0.05) is 5.92 Å². The van der Waals surface area contributed by atoms with E-state index in [9.17, 15) is 0 Å². The molecular weight excluding hydrogens is 275 g/mol. The molecule has 0 unspecified atom stereocenters. The third kappa shape index (κ3) is 9.42. The number of hydrogen-bond donors (Lipinski definition) is 0. The van der Waals surface area contributed by atoms with E-state index in [2.05, 4.69) is 13.8 Å². The van der Waals surface area contributed by atoms with Gasteiger partial charge in [0, 0.05) is 0 Å². The normalized spacial score (nSPS) is 7.13. The van der Waals surface area contributed by atoms with Crippen LogP contribution in [0.25, 0.3) is 0 Å². The quantitative estimate of drug-likeness (QED) is 0.406. The summed E-state index contributed by atoms with van der Waals surface area (Å²) in [6.45, 7) is 7.66. The molecule has 0 aromatic carbocycles. The Hall–Kier alpha value is 0.494. The van der Waals surface area contributed by atoms with Crippen LogP contribution < -0.4 is 24.8 Å². The molecule has 0 radical (unpaired) electrons. The third-order valence-corrected chi connectivity index (χ3v) is 1.71. The van der Waals surface area contributed by atoms with Gasteiger partial charge in [-0.3, -0.25) is 0 Å². The molecule has 0 amide bonds. The molecule has 0 saturated carbocycles. The molecule has 88 valence electrons. The van der Waals surface area contributed by atoms with Crippen LogP contribution in [0.3, 0.4) is 0 Å². The molecule has 6 heteroatoms. The summed E-state index contributed by atoms with van der Waals surface area (Å²) in [5, 5.41) is 0. The van der Waals surface area contributed by atoms with Gasteiger partial charge in [0.2, 0.25) is 0 Å². The van der Waals surface area contributed by atoms with Crippen LogP contribution in [0.1, 0.15) is 24.3 Å². The van der Waals surface area contributed by atoms with Gasteiger partial charge < -0.3 is 54.0 Å². The van der Waals surface area contributed by atoms with Crippen LogP contribution in [0.5, 0.6) is 0 Å². The van der Waals surface area contributed by atoms with Crippen molar-refractivity contribution in [2.45, 2.75) is 18.8 Å². The molecule has 4 N–H and O–H groups in total. The van der Waals surface area contributed by atoms with Crippen LogP contribution in [0.15, 0.2) is 23.0 Å². The van der Waals surface area contributed by atoms with Gasteiger partial charge in [0.15, 0.2) is 0 Å². The average molecular weight is 291 g/mol. The molecule has 1 rings (SSSR count). The largest absolute Gasteiger partial charge is 4.00 e. The van der Waals surface area contributed by atoms with E-state index < -0.39 is 0 Å². The summed E-state index contributed by atoms with van der Waals surface area (Å²) in [4.78, 5) is 0. The Morgan fingerprint density at radius 3 is 1.87 bits per heavy atom. The fourth-order valence-corrected chi connectivity index (χ4v) is 0.985. The van der Waals surface area contributed by atoms with Gasteiger partial charge in [-0.25, -0.2) is 0 Å². The first-order valence-electron chi connectivity index (χ1n) is 3.49. The average Bonchev–Trinajstić information content (AvgIpc) is 2.43. The van der Waals surface area contributed by atoms with Gasteiger partial charge in [-0.2, -0.15) is 12.8 Å². The van der Waals surface area contributed by atoms with Gasteiger partial charge >= 0.3 is 21.7 Å². The van der Waals surface area contributed by atoms with Gasteiger partial charge in [0.05, 0.1) is 12.5 Å². The van der Waals surface area contributed by atoms with Crippen LogP contribution in [0, 0.1) is 13.8 Å². The molecule has 0 bridgehead atoms. The Morgan fingerprint density at radius 1 is 1.13 bits per heavy atom. The summed E-state index contributed by atoms with van der Waals surface area (Å²) in [5.74, 6) is 0.471. The van der Waals surface area contributed by atoms with E-state index in [1.54, 1.807) is 12.5 Å². The maximum atomic E-state index is 4.94. The zero-order valence-corrected chi connectivity index (χ0v) is 11.4. The standard InChI is InChI=1S/C9H12O.2ClH.2H2O.Ti/c1-3-8(4-2)9-5-6-10-7-9;;;;;/h5-8H,1-4H2;2*1H;2*1H2;/q-2;;;;;+4/p-2. The molecule has 0 fully saturated rings. The summed E-state index contributed by atoms with van der Waals surface area (Å²) >= 11 is 0. The molecule has 3 nitrogen and oxygen atoms in total. The van der Waals surface area contributed by atoms with E-state index in [0.29, 0.717) is 5.92 Å². The number of rotatable bonds is 3. The molecule has 0 spiro atoms. The molecular formula is C9H16Cl2O3Ti. The van der Waals surface area contributed by atoms with E-state index >= 15 is 0 Å². The van der Waals surface area contributed by atoms with Gasteiger partial charge in [0.1, 0.15) is 0 Å². The van der Waals surface area contributed by atoms with E-state index in [0.717, 1.165) is 12.8 Å². The molecule has 0 atom stereocenters. The fraction of sp³-hybridized carbons (Fsp3) is 0.333. The minimum absolute atomic E-state index is 0. The Balaban J connectivity index is -0.0000000667. The summed E-state index contributed by atoms with van der Waals surface area (Å²) in [7, 11) is 0. The Bertz CT molecular complexity index is 179. The first kappa shape index (κ1) is 29.6. The summed E-state index contributed by atoms with van der Waals surface area (Å²) < 4.78 is 4.94. The fourth-order valence-electron chi connectivity index (χ4n) is 0.985. The van der Waals surface area contributed by atoms with Crippen molar-refractivity contribution >= 4 is 0 Å². The Labute approximate surface area is 118 Å². The number of furan rings is 1. The van der Waals surface area contributed by atoms with Crippen LogP contribution in [-0.4, -0.2) is 11.0 Å². The molecule has 0 saturated heterocycles. The maximum Gasteiger partial charge on any atom is 4.00 e. The van der Waals surface area contributed by atoms with Crippen molar-refractivity contribution in [3.8, 4) is 0 Å². The van der Waals surface area contributed by atoms with E-state index in [1.165, 1.54) is 5.56 Å². The zero-order valence-electron chi connectivity index (χ0n) is 8.30. The molecule has 0 aliphatic rings. The van der Waals surface area contributed by atoms with Crippen LogP contribution in [0.2, 0.25) is 0 Å². The first-order valence-corrected chi connectivity index (χ1v) is 3.49. The zero-order chi connectivity index (χ0) is 7.40. The monoisotopic (exact) mass is 290 g/mol. The van der Waals surface area contributed by atoms with E-state index in [1.807, 2.05) is 6.07 Å². The van der Waals surface area contributed by atoms with Crippen molar-refractivity contribution in [3.05, 3.63) is 38.0 Å². The van der Waals surface area contributed by atoms with E-state index in [4.69, 9.17) is 4.42 Å². The predicted molar refractivity (Wildman–Crippen MR) is 48.6 cm³/mol. The molecule has 1 heterocycles. The van der Waals surface area contributed by atoms with Gasteiger partial charge in [-0.05, 0) is 11.6 Å². The first-order chi connectivity index (χ1) is 4.88. The van der Waals surface area contributed by atoms with Crippen molar-refractivity contribution in [2.75, 3.05) is 0 Å².